The van der Waals surface area contributed by atoms with Crippen molar-refractivity contribution in [2.45, 2.75) is 25.5 Å². The SMILES string of the molecule is COc1ccc(COCCNC(=O)C2CCCN2)cc1. The van der Waals surface area contributed by atoms with Gasteiger partial charge in [-0.25, -0.2) is 0 Å². The van der Waals surface area contributed by atoms with Crippen LogP contribution in [0.2, 0.25) is 0 Å². The number of amides is 1. The molecule has 1 fully saturated rings. The molecule has 2 N–H and O–H groups in total. The largest absolute Gasteiger partial charge is 0.497 e. The van der Waals surface area contributed by atoms with Crippen LogP contribution in [-0.2, 0) is 16.1 Å². The number of nitrogens with one attached hydrogen (secondary N) is 2. The highest BCUT2D eigenvalue weighted by atomic mass is 16.5. The van der Waals surface area contributed by atoms with Crippen LogP contribution in [0.15, 0.2) is 24.3 Å². The first-order valence-electron chi connectivity index (χ1n) is 7.01. The fourth-order valence-corrected chi connectivity index (χ4v) is 2.19. The van der Waals surface area contributed by atoms with Crippen molar-refractivity contribution < 1.29 is 14.3 Å². The Labute approximate surface area is 119 Å². The van der Waals surface area contributed by atoms with Crippen molar-refractivity contribution >= 4 is 5.91 Å². The Kier molecular flexibility index (Phi) is 5.83. The Bertz CT molecular complexity index is 414. The first-order valence-corrected chi connectivity index (χ1v) is 7.01. The highest BCUT2D eigenvalue weighted by Crippen LogP contribution is 2.11. The predicted molar refractivity (Wildman–Crippen MR) is 76.7 cm³/mol. The maximum Gasteiger partial charge on any atom is 0.237 e. The lowest BCUT2D eigenvalue weighted by molar-refractivity contribution is -0.123. The zero-order chi connectivity index (χ0) is 14.2. The molecule has 2 rings (SSSR count). The van der Waals surface area contributed by atoms with E-state index in [-0.39, 0.29) is 11.9 Å². The first kappa shape index (κ1) is 14.8. The molecule has 0 bridgehead atoms. The molecule has 0 aliphatic carbocycles. The summed E-state index contributed by atoms with van der Waals surface area (Å²) in [6.07, 6.45) is 2.00. The van der Waals surface area contributed by atoms with Crippen molar-refractivity contribution in [3.05, 3.63) is 29.8 Å². The highest BCUT2D eigenvalue weighted by Gasteiger charge is 2.20. The van der Waals surface area contributed by atoms with Gasteiger partial charge in [0, 0.05) is 6.54 Å². The number of hydrogen-bond donors (Lipinski definition) is 2. The Morgan fingerprint density at radius 3 is 2.85 bits per heavy atom. The van der Waals surface area contributed by atoms with Crippen LogP contribution in [0.3, 0.4) is 0 Å². The quantitative estimate of drug-likeness (QED) is 0.733. The molecule has 1 aliphatic rings. The molecule has 110 valence electrons. The minimum atomic E-state index is -0.0170. The van der Waals surface area contributed by atoms with E-state index in [0.29, 0.717) is 19.8 Å². The number of methoxy groups -OCH3 is 1. The van der Waals surface area contributed by atoms with Gasteiger partial charge in [-0.1, -0.05) is 12.1 Å². The van der Waals surface area contributed by atoms with E-state index in [4.69, 9.17) is 9.47 Å². The first-order chi connectivity index (χ1) is 9.79. The molecule has 1 amide bonds. The van der Waals surface area contributed by atoms with Crippen molar-refractivity contribution in [2.75, 3.05) is 26.8 Å². The van der Waals surface area contributed by atoms with Crippen LogP contribution in [0, 0.1) is 0 Å². The molecular formula is C15H22N2O3. The van der Waals surface area contributed by atoms with E-state index in [1.807, 2.05) is 24.3 Å². The average Bonchev–Trinajstić information content (AvgIpc) is 3.01. The zero-order valence-corrected chi connectivity index (χ0v) is 11.9. The molecule has 0 aromatic heterocycles. The standard InChI is InChI=1S/C15H22N2O3/c1-19-13-6-4-12(5-7-13)11-20-10-9-17-15(18)14-3-2-8-16-14/h4-7,14,16H,2-3,8-11H2,1H3,(H,17,18). The maximum atomic E-state index is 11.7. The van der Waals surface area contributed by atoms with Gasteiger partial charge in [0.1, 0.15) is 5.75 Å². The molecular weight excluding hydrogens is 256 g/mol. The second-order valence-electron chi connectivity index (χ2n) is 4.84. The molecule has 0 saturated carbocycles. The van der Waals surface area contributed by atoms with Crippen molar-refractivity contribution in [3.63, 3.8) is 0 Å². The normalized spacial score (nSPS) is 17.9. The Hall–Kier alpha value is -1.59. The number of hydrogen-bond acceptors (Lipinski definition) is 4. The molecule has 1 heterocycles. The lowest BCUT2D eigenvalue weighted by atomic mass is 10.2. The summed E-state index contributed by atoms with van der Waals surface area (Å²) in [4.78, 5) is 11.7. The van der Waals surface area contributed by atoms with Crippen LogP contribution >= 0.6 is 0 Å². The van der Waals surface area contributed by atoms with Gasteiger partial charge in [0.15, 0.2) is 0 Å². The van der Waals surface area contributed by atoms with Gasteiger partial charge in [0.05, 0.1) is 26.4 Å². The van der Waals surface area contributed by atoms with Crippen molar-refractivity contribution in [3.8, 4) is 5.75 Å². The second kappa shape index (κ2) is 7.87. The van der Waals surface area contributed by atoms with E-state index < -0.39 is 0 Å². The molecule has 1 aromatic rings. The summed E-state index contributed by atoms with van der Waals surface area (Å²) in [6, 6.07) is 7.75. The van der Waals surface area contributed by atoms with Gasteiger partial charge in [-0.3, -0.25) is 4.79 Å². The number of carbonyl (C=O) groups excluding carboxylic acids is 1. The van der Waals surface area contributed by atoms with Crippen molar-refractivity contribution in [1.82, 2.24) is 10.6 Å². The van der Waals surface area contributed by atoms with Crippen LogP contribution in [-0.4, -0.2) is 38.8 Å². The Morgan fingerprint density at radius 1 is 1.40 bits per heavy atom. The monoisotopic (exact) mass is 278 g/mol. The summed E-state index contributed by atoms with van der Waals surface area (Å²) in [5.41, 5.74) is 1.09. The lowest BCUT2D eigenvalue weighted by Gasteiger charge is -2.11. The molecule has 20 heavy (non-hydrogen) atoms. The van der Waals surface area contributed by atoms with Gasteiger partial charge in [-0.15, -0.1) is 0 Å². The van der Waals surface area contributed by atoms with E-state index in [9.17, 15) is 4.79 Å². The van der Waals surface area contributed by atoms with E-state index in [2.05, 4.69) is 10.6 Å². The number of rotatable bonds is 7. The van der Waals surface area contributed by atoms with Gasteiger partial charge in [0.2, 0.25) is 5.91 Å². The Balaban J connectivity index is 1.57. The summed E-state index contributed by atoms with van der Waals surface area (Å²) in [5.74, 6) is 0.917. The predicted octanol–water partition coefficient (Wildman–Crippen LogP) is 1.08. The van der Waals surface area contributed by atoms with E-state index in [1.165, 1.54) is 0 Å². The van der Waals surface area contributed by atoms with Crippen molar-refractivity contribution in [1.29, 1.82) is 0 Å². The topological polar surface area (TPSA) is 59.6 Å². The summed E-state index contributed by atoms with van der Waals surface area (Å²) in [6.45, 7) is 2.55. The summed E-state index contributed by atoms with van der Waals surface area (Å²) >= 11 is 0. The van der Waals surface area contributed by atoms with Crippen LogP contribution < -0.4 is 15.4 Å². The maximum absolute atomic E-state index is 11.7. The van der Waals surface area contributed by atoms with E-state index in [1.54, 1.807) is 7.11 Å². The minimum absolute atomic E-state index is 0.0170. The van der Waals surface area contributed by atoms with Crippen LogP contribution in [0.25, 0.3) is 0 Å². The Morgan fingerprint density at radius 2 is 2.20 bits per heavy atom. The molecule has 5 nitrogen and oxygen atoms in total. The smallest absolute Gasteiger partial charge is 0.237 e. The minimum Gasteiger partial charge on any atom is -0.497 e. The van der Waals surface area contributed by atoms with Crippen LogP contribution in [0.4, 0.5) is 0 Å². The van der Waals surface area contributed by atoms with E-state index in [0.717, 1.165) is 30.7 Å². The van der Waals surface area contributed by atoms with E-state index >= 15 is 0 Å². The summed E-state index contributed by atoms with van der Waals surface area (Å²) < 4.78 is 10.6. The second-order valence-corrected chi connectivity index (χ2v) is 4.84. The molecule has 0 spiro atoms. The number of ether oxygens (including phenoxy) is 2. The third kappa shape index (κ3) is 4.51. The fraction of sp³-hybridized carbons (Fsp3) is 0.533. The molecule has 1 unspecified atom stereocenters. The summed E-state index contributed by atoms with van der Waals surface area (Å²) in [7, 11) is 1.65. The van der Waals surface area contributed by atoms with Gasteiger partial charge >= 0.3 is 0 Å². The van der Waals surface area contributed by atoms with Crippen LogP contribution in [0.5, 0.6) is 5.75 Å². The van der Waals surface area contributed by atoms with Gasteiger partial charge in [0.25, 0.3) is 0 Å². The fourth-order valence-electron chi connectivity index (χ4n) is 2.19. The highest BCUT2D eigenvalue weighted by molar-refractivity contribution is 5.81. The summed E-state index contributed by atoms with van der Waals surface area (Å²) in [5, 5.41) is 6.05. The van der Waals surface area contributed by atoms with Crippen LogP contribution in [0.1, 0.15) is 18.4 Å². The number of carbonyl (C=O) groups is 1. The molecule has 1 aromatic carbocycles. The number of benzene rings is 1. The third-order valence-electron chi connectivity index (χ3n) is 3.35. The average molecular weight is 278 g/mol. The zero-order valence-electron chi connectivity index (χ0n) is 11.9. The van der Waals surface area contributed by atoms with Gasteiger partial charge in [-0.05, 0) is 37.1 Å². The van der Waals surface area contributed by atoms with Crippen molar-refractivity contribution in [2.24, 2.45) is 0 Å². The molecule has 1 saturated heterocycles. The molecule has 1 atom stereocenters. The lowest BCUT2D eigenvalue weighted by Crippen LogP contribution is -2.41. The molecule has 0 radical (unpaired) electrons. The molecule has 1 aliphatic heterocycles. The third-order valence-corrected chi connectivity index (χ3v) is 3.35. The van der Waals surface area contributed by atoms with Gasteiger partial charge < -0.3 is 20.1 Å². The molecule has 5 heteroatoms. The van der Waals surface area contributed by atoms with Gasteiger partial charge in [-0.2, -0.15) is 0 Å².